The molecule has 0 saturated carbocycles. The van der Waals surface area contributed by atoms with Crippen LogP contribution >= 0.6 is 11.3 Å². The third-order valence-corrected chi connectivity index (χ3v) is 3.57. The summed E-state index contributed by atoms with van der Waals surface area (Å²) in [6.07, 6.45) is 1.88. The summed E-state index contributed by atoms with van der Waals surface area (Å²) in [6, 6.07) is 7.76. The Kier molecular flexibility index (Phi) is 4.50. The van der Waals surface area contributed by atoms with Gasteiger partial charge >= 0.3 is 0 Å². The molecular weight excluding hydrogens is 258 g/mol. The number of aromatic nitrogens is 1. The molecule has 0 spiro atoms. The molecule has 2 aromatic rings. The van der Waals surface area contributed by atoms with Crippen molar-refractivity contribution in [2.24, 2.45) is 0 Å². The van der Waals surface area contributed by atoms with Crippen LogP contribution in [0.2, 0.25) is 0 Å². The van der Waals surface area contributed by atoms with Gasteiger partial charge in [-0.15, -0.1) is 11.3 Å². The van der Waals surface area contributed by atoms with Gasteiger partial charge in [0.05, 0.1) is 12.7 Å². The lowest BCUT2D eigenvalue weighted by atomic mass is 10.1. The van der Waals surface area contributed by atoms with E-state index in [-0.39, 0.29) is 0 Å². The molecular formula is C14H15N3OS. The fraction of sp³-hybridized carbons (Fsp3) is 0.286. The van der Waals surface area contributed by atoms with Gasteiger partial charge in [0, 0.05) is 24.2 Å². The van der Waals surface area contributed by atoms with Crippen molar-refractivity contribution in [3.05, 3.63) is 45.4 Å². The Morgan fingerprint density at radius 3 is 2.89 bits per heavy atom. The second-order valence-corrected chi connectivity index (χ2v) is 5.43. The summed E-state index contributed by atoms with van der Waals surface area (Å²) in [6.45, 7) is 3.49. The van der Waals surface area contributed by atoms with Crippen LogP contribution in [0.1, 0.15) is 21.0 Å². The summed E-state index contributed by atoms with van der Waals surface area (Å²) in [5.74, 6) is 0.613. The molecule has 0 unspecified atom stereocenters. The molecule has 1 aromatic carbocycles. The van der Waals surface area contributed by atoms with Crippen LogP contribution in [0, 0.1) is 18.3 Å². The topological polar surface area (TPSA) is 57.9 Å². The highest BCUT2D eigenvalue weighted by atomic mass is 32.1. The molecule has 1 heterocycles. The number of rotatable bonds is 5. The fourth-order valence-electron chi connectivity index (χ4n) is 1.75. The number of ether oxygens (including phenoxy) is 1. The van der Waals surface area contributed by atoms with Crippen LogP contribution in [0.5, 0.6) is 5.75 Å². The molecule has 0 aliphatic heterocycles. The fourth-order valence-corrected chi connectivity index (χ4v) is 2.51. The van der Waals surface area contributed by atoms with Crippen molar-refractivity contribution in [1.29, 1.82) is 5.26 Å². The van der Waals surface area contributed by atoms with Gasteiger partial charge in [-0.3, -0.25) is 0 Å². The van der Waals surface area contributed by atoms with Crippen LogP contribution in [-0.4, -0.2) is 12.1 Å². The Balaban J connectivity index is 1.95. The maximum absolute atomic E-state index is 9.02. The van der Waals surface area contributed by atoms with E-state index in [4.69, 9.17) is 10.00 Å². The number of nitrogens with zero attached hydrogens (tertiary/aromatic N) is 2. The highest BCUT2D eigenvalue weighted by Crippen LogP contribution is 2.18. The van der Waals surface area contributed by atoms with Crippen LogP contribution in [-0.2, 0) is 13.1 Å². The van der Waals surface area contributed by atoms with Crippen molar-refractivity contribution in [1.82, 2.24) is 10.3 Å². The van der Waals surface area contributed by atoms with Gasteiger partial charge in [0.2, 0.25) is 0 Å². The van der Waals surface area contributed by atoms with E-state index in [1.54, 1.807) is 18.4 Å². The molecule has 0 atom stereocenters. The number of methoxy groups -OCH3 is 1. The average Bonchev–Trinajstić information content (AvgIpc) is 2.84. The highest BCUT2D eigenvalue weighted by Gasteiger charge is 2.04. The van der Waals surface area contributed by atoms with Crippen LogP contribution < -0.4 is 10.1 Å². The van der Waals surface area contributed by atoms with Crippen LogP contribution in [0.3, 0.4) is 0 Å². The van der Waals surface area contributed by atoms with Gasteiger partial charge in [0.15, 0.2) is 0 Å². The zero-order valence-corrected chi connectivity index (χ0v) is 11.8. The normalized spacial score (nSPS) is 10.2. The summed E-state index contributed by atoms with van der Waals surface area (Å²) < 4.78 is 5.12. The van der Waals surface area contributed by atoms with Gasteiger partial charge in [-0.25, -0.2) is 4.98 Å². The van der Waals surface area contributed by atoms with Gasteiger partial charge in [0.1, 0.15) is 16.8 Å². The Morgan fingerprint density at radius 1 is 1.42 bits per heavy atom. The number of hydrogen-bond donors (Lipinski definition) is 1. The predicted molar refractivity (Wildman–Crippen MR) is 75.1 cm³/mol. The SMILES string of the molecule is COc1ccc(CNCc2ncc(C)s2)cc1C#N. The van der Waals surface area contributed by atoms with Crippen molar-refractivity contribution in [2.75, 3.05) is 7.11 Å². The van der Waals surface area contributed by atoms with Crippen molar-refractivity contribution in [2.45, 2.75) is 20.0 Å². The first-order valence-corrected chi connectivity index (χ1v) is 6.73. The van der Waals surface area contributed by atoms with Crippen LogP contribution in [0.4, 0.5) is 0 Å². The smallest absolute Gasteiger partial charge is 0.136 e. The van der Waals surface area contributed by atoms with Crippen molar-refractivity contribution in [3.63, 3.8) is 0 Å². The van der Waals surface area contributed by atoms with Gasteiger partial charge < -0.3 is 10.1 Å². The van der Waals surface area contributed by atoms with Crippen molar-refractivity contribution < 1.29 is 4.74 Å². The summed E-state index contributed by atoms with van der Waals surface area (Å²) in [7, 11) is 1.57. The Labute approximate surface area is 116 Å². The van der Waals surface area contributed by atoms with E-state index in [9.17, 15) is 0 Å². The Hall–Kier alpha value is -1.90. The molecule has 1 aromatic heterocycles. The van der Waals surface area contributed by atoms with E-state index < -0.39 is 0 Å². The maximum Gasteiger partial charge on any atom is 0.136 e. The Bertz CT molecular complexity index is 601. The zero-order valence-electron chi connectivity index (χ0n) is 10.9. The molecule has 0 amide bonds. The summed E-state index contributed by atoms with van der Waals surface area (Å²) in [5, 5.41) is 13.4. The molecule has 0 fully saturated rings. The first-order valence-electron chi connectivity index (χ1n) is 5.92. The lowest BCUT2D eigenvalue weighted by molar-refractivity contribution is 0.413. The molecule has 0 aliphatic carbocycles. The Morgan fingerprint density at radius 2 is 2.26 bits per heavy atom. The minimum atomic E-state index is 0.562. The standard InChI is InChI=1S/C14H15N3OS/c1-10-7-17-14(19-10)9-16-8-11-3-4-13(18-2)12(5-11)6-15/h3-5,7,16H,8-9H2,1-2H3. The minimum absolute atomic E-state index is 0.562. The average molecular weight is 273 g/mol. The minimum Gasteiger partial charge on any atom is -0.495 e. The summed E-state index contributed by atoms with van der Waals surface area (Å²) in [5.41, 5.74) is 1.62. The van der Waals surface area contributed by atoms with Gasteiger partial charge in [0.25, 0.3) is 0 Å². The van der Waals surface area contributed by atoms with E-state index in [0.29, 0.717) is 17.9 Å². The van der Waals surface area contributed by atoms with Gasteiger partial charge in [-0.2, -0.15) is 5.26 Å². The molecule has 0 saturated heterocycles. The zero-order chi connectivity index (χ0) is 13.7. The lowest BCUT2D eigenvalue weighted by Gasteiger charge is -2.06. The molecule has 2 rings (SSSR count). The molecule has 0 aliphatic rings. The van der Waals surface area contributed by atoms with Crippen molar-refractivity contribution in [3.8, 4) is 11.8 Å². The first kappa shape index (κ1) is 13.5. The second kappa shape index (κ2) is 6.32. The summed E-state index contributed by atoms with van der Waals surface area (Å²) in [4.78, 5) is 5.51. The molecule has 1 N–H and O–H groups in total. The molecule has 5 heteroatoms. The number of hydrogen-bond acceptors (Lipinski definition) is 5. The molecule has 19 heavy (non-hydrogen) atoms. The molecule has 0 bridgehead atoms. The van der Waals surface area contributed by atoms with E-state index in [2.05, 4.69) is 16.4 Å². The predicted octanol–water partition coefficient (Wildman–Crippen LogP) is 2.62. The number of aryl methyl sites for hydroxylation is 1. The lowest BCUT2D eigenvalue weighted by Crippen LogP contribution is -2.12. The molecule has 0 radical (unpaired) electrons. The number of benzene rings is 1. The number of nitriles is 1. The third-order valence-electron chi connectivity index (χ3n) is 2.66. The first-order chi connectivity index (χ1) is 9.22. The maximum atomic E-state index is 9.02. The summed E-state index contributed by atoms with van der Waals surface area (Å²) >= 11 is 1.69. The number of nitrogens with one attached hydrogen (secondary N) is 1. The van der Waals surface area contributed by atoms with Crippen molar-refractivity contribution >= 4 is 11.3 Å². The largest absolute Gasteiger partial charge is 0.495 e. The van der Waals surface area contributed by atoms with Gasteiger partial charge in [-0.1, -0.05) is 6.07 Å². The number of thiazole rings is 1. The van der Waals surface area contributed by atoms with Crippen LogP contribution in [0.15, 0.2) is 24.4 Å². The third kappa shape index (κ3) is 3.53. The molecule has 98 valence electrons. The van der Waals surface area contributed by atoms with Gasteiger partial charge in [-0.05, 0) is 24.6 Å². The molecule has 4 nitrogen and oxygen atoms in total. The second-order valence-electron chi connectivity index (χ2n) is 4.11. The van der Waals surface area contributed by atoms with E-state index in [1.807, 2.05) is 31.3 Å². The van der Waals surface area contributed by atoms with E-state index >= 15 is 0 Å². The highest BCUT2D eigenvalue weighted by molar-refractivity contribution is 7.11. The van der Waals surface area contributed by atoms with Crippen LogP contribution in [0.25, 0.3) is 0 Å². The monoisotopic (exact) mass is 273 g/mol. The van der Waals surface area contributed by atoms with E-state index in [0.717, 1.165) is 17.1 Å². The quantitative estimate of drug-likeness (QED) is 0.909. The van der Waals surface area contributed by atoms with E-state index in [1.165, 1.54) is 4.88 Å².